The minimum Gasteiger partial charge on any atom is -0.378 e. The fourth-order valence-electron chi connectivity index (χ4n) is 3.61. The second kappa shape index (κ2) is 9.42. The van der Waals surface area contributed by atoms with Gasteiger partial charge in [-0.25, -0.2) is 4.98 Å². The molecular formula is C21H21N7O5. The van der Waals surface area contributed by atoms with Crippen molar-refractivity contribution < 1.29 is 19.0 Å². The Labute approximate surface area is 187 Å². The van der Waals surface area contributed by atoms with E-state index in [0.717, 1.165) is 32.4 Å². The first-order valence-corrected chi connectivity index (χ1v) is 10.3. The number of nitro groups is 1. The number of nitrogens with zero attached hydrogens (tertiary/aromatic N) is 5. The number of aromatic nitrogens is 3. The highest BCUT2D eigenvalue weighted by atomic mass is 16.6. The zero-order chi connectivity index (χ0) is 23.4. The Morgan fingerprint density at radius 2 is 2.00 bits per heavy atom. The highest BCUT2D eigenvalue weighted by Gasteiger charge is 2.25. The van der Waals surface area contributed by atoms with Crippen LogP contribution in [0.1, 0.15) is 45.8 Å². The zero-order valence-corrected chi connectivity index (χ0v) is 17.6. The van der Waals surface area contributed by atoms with Crippen molar-refractivity contribution in [1.29, 1.82) is 0 Å². The Balaban J connectivity index is 1.45. The molecule has 2 aromatic heterocycles. The number of amides is 2. The molecule has 1 aliphatic heterocycles. The van der Waals surface area contributed by atoms with Crippen LogP contribution in [0, 0.1) is 10.1 Å². The molecule has 0 unspecified atom stereocenters. The second-order valence-electron chi connectivity index (χ2n) is 7.48. The molecule has 3 N–H and O–H groups in total. The van der Waals surface area contributed by atoms with E-state index in [9.17, 15) is 19.7 Å². The molecule has 12 nitrogen and oxygen atoms in total. The molecule has 3 aromatic rings. The lowest BCUT2D eigenvalue weighted by Gasteiger charge is -2.26. The van der Waals surface area contributed by atoms with Gasteiger partial charge >= 0.3 is 5.69 Å². The van der Waals surface area contributed by atoms with E-state index in [-0.39, 0.29) is 35.5 Å². The standard InChI is InChI=1S/C21H21N7O5/c22-18-17(28(31)32)15(7-8-23-18)19(29)24-12-16-25-20(33-26-16)13-5-4-6-14(11-13)21(30)27-9-2-1-3-10-27/h4-8,11H,1-3,9-10,12H2,(H2,22,23)(H,24,29). The number of benzene rings is 1. The van der Waals surface area contributed by atoms with Gasteiger partial charge in [0, 0.05) is 30.4 Å². The maximum absolute atomic E-state index is 12.8. The number of nitrogens with two attached hydrogens (primary N) is 1. The third-order valence-corrected chi connectivity index (χ3v) is 5.25. The molecule has 0 spiro atoms. The smallest absolute Gasteiger partial charge is 0.323 e. The van der Waals surface area contributed by atoms with Crippen LogP contribution in [-0.4, -0.2) is 49.9 Å². The van der Waals surface area contributed by atoms with E-state index < -0.39 is 16.5 Å². The maximum Gasteiger partial charge on any atom is 0.323 e. The van der Waals surface area contributed by atoms with Crippen molar-refractivity contribution in [2.24, 2.45) is 0 Å². The summed E-state index contributed by atoms with van der Waals surface area (Å²) in [4.78, 5) is 45.3. The van der Waals surface area contributed by atoms with Crippen LogP contribution in [0.2, 0.25) is 0 Å². The third kappa shape index (κ3) is 4.79. The van der Waals surface area contributed by atoms with Gasteiger partial charge in [-0.3, -0.25) is 19.7 Å². The summed E-state index contributed by atoms with van der Waals surface area (Å²) in [5, 5.41) is 17.5. The van der Waals surface area contributed by atoms with E-state index in [4.69, 9.17) is 10.3 Å². The molecule has 4 rings (SSSR count). The topological polar surface area (TPSA) is 170 Å². The minimum atomic E-state index is -0.762. The first-order chi connectivity index (χ1) is 15.9. The summed E-state index contributed by atoms with van der Waals surface area (Å²) >= 11 is 0. The van der Waals surface area contributed by atoms with Crippen molar-refractivity contribution >= 4 is 23.3 Å². The summed E-state index contributed by atoms with van der Waals surface area (Å²) < 4.78 is 5.27. The van der Waals surface area contributed by atoms with E-state index in [0.29, 0.717) is 11.1 Å². The molecule has 2 amide bonds. The number of anilines is 1. The maximum atomic E-state index is 12.8. The van der Waals surface area contributed by atoms with Crippen molar-refractivity contribution in [2.75, 3.05) is 18.8 Å². The van der Waals surface area contributed by atoms with Crippen LogP contribution in [-0.2, 0) is 6.54 Å². The van der Waals surface area contributed by atoms with Gasteiger partial charge in [0.1, 0.15) is 5.56 Å². The summed E-state index contributed by atoms with van der Waals surface area (Å²) in [5.41, 5.74) is 5.83. The lowest BCUT2D eigenvalue weighted by molar-refractivity contribution is -0.384. The summed E-state index contributed by atoms with van der Waals surface area (Å²) in [6.45, 7) is 1.36. The summed E-state index contributed by atoms with van der Waals surface area (Å²) in [5.74, 6) is -0.769. The van der Waals surface area contributed by atoms with Gasteiger partial charge in [-0.15, -0.1) is 0 Å². The molecule has 1 fully saturated rings. The van der Waals surface area contributed by atoms with Crippen LogP contribution in [0.4, 0.5) is 11.5 Å². The lowest BCUT2D eigenvalue weighted by atomic mass is 10.1. The largest absolute Gasteiger partial charge is 0.378 e. The van der Waals surface area contributed by atoms with Crippen LogP contribution >= 0.6 is 0 Å². The molecule has 1 aliphatic rings. The summed E-state index contributed by atoms with van der Waals surface area (Å²) in [7, 11) is 0. The van der Waals surface area contributed by atoms with Crippen molar-refractivity contribution in [1.82, 2.24) is 25.3 Å². The number of hydrogen-bond acceptors (Lipinski definition) is 9. The number of hydrogen-bond donors (Lipinski definition) is 2. The Morgan fingerprint density at radius 3 is 2.76 bits per heavy atom. The number of rotatable bonds is 6. The molecule has 0 saturated carbocycles. The molecule has 1 aromatic carbocycles. The predicted octanol–water partition coefficient (Wildman–Crippen LogP) is 2.18. The molecule has 1 saturated heterocycles. The highest BCUT2D eigenvalue weighted by molar-refractivity contribution is 5.99. The van der Waals surface area contributed by atoms with Crippen LogP contribution in [0.5, 0.6) is 0 Å². The van der Waals surface area contributed by atoms with Crippen LogP contribution in [0.15, 0.2) is 41.1 Å². The molecule has 3 heterocycles. The normalized spacial score (nSPS) is 13.5. The first kappa shape index (κ1) is 21.9. The molecular weight excluding hydrogens is 430 g/mol. The molecule has 0 bridgehead atoms. The fourth-order valence-corrected chi connectivity index (χ4v) is 3.61. The van der Waals surface area contributed by atoms with Gasteiger partial charge in [-0.1, -0.05) is 11.2 Å². The number of nitrogens with one attached hydrogen (secondary N) is 1. The Kier molecular flexibility index (Phi) is 6.24. The molecule has 0 aliphatic carbocycles. The van der Waals surface area contributed by atoms with Gasteiger partial charge in [0.25, 0.3) is 17.7 Å². The number of carbonyl (C=O) groups is 2. The predicted molar refractivity (Wildman–Crippen MR) is 116 cm³/mol. The highest BCUT2D eigenvalue weighted by Crippen LogP contribution is 2.24. The monoisotopic (exact) mass is 451 g/mol. The zero-order valence-electron chi connectivity index (χ0n) is 17.6. The van der Waals surface area contributed by atoms with Gasteiger partial charge < -0.3 is 20.5 Å². The lowest BCUT2D eigenvalue weighted by Crippen LogP contribution is -2.35. The van der Waals surface area contributed by atoms with Crippen molar-refractivity contribution in [3.63, 3.8) is 0 Å². The number of piperidine rings is 1. The molecule has 170 valence electrons. The van der Waals surface area contributed by atoms with Gasteiger partial charge in [0.2, 0.25) is 5.82 Å². The average Bonchev–Trinajstić information content (AvgIpc) is 3.31. The Hall–Kier alpha value is -4.35. The number of likely N-dealkylation sites (tertiary alicyclic amines) is 1. The molecule has 12 heteroatoms. The first-order valence-electron chi connectivity index (χ1n) is 10.3. The van der Waals surface area contributed by atoms with E-state index in [1.165, 1.54) is 12.3 Å². The van der Waals surface area contributed by atoms with Gasteiger partial charge in [0.05, 0.1) is 11.5 Å². The summed E-state index contributed by atoms with van der Waals surface area (Å²) in [6.07, 6.45) is 4.34. The molecule has 33 heavy (non-hydrogen) atoms. The van der Waals surface area contributed by atoms with Gasteiger partial charge in [-0.05, 0) is 43.5 Å². The average molecular weight is 451 g/mol. The fraction of sp³-hybridized carbons (Fsp3) is 0.286. The van der Waals surface area contributed by atoms with Gasteiger partial charge in [0.15, 0.2) is 5.82 Å². The molecule has 0 radical (unpaired) electrons. The molecule has 0 atom stereocenters. The van der Waals surface area contributed by atoms with Crippen molar-refractivity contribution in [2.45, 2.75) is 25.8 Å². The number of carbonyl (C=O) groups excluding carboxylic acids is 2. The van der Waals surface area contributed by atoms with Crippen LogP contribution in [0.25, 0.3) is 11.5 Å². The van der Waals surface area contributed by atoms with E-state index in [1.807, 2.05) is 4.90 Å². The van der Waals surface area contributed by atoms with Crippen molar-refractivity contribution in [3.8, 4) is 11.5 Å². The van der Waals surface area contributed by atoms with Crippen LogP contribution < -0.4 is 11.1 Å². The van der Waals surface area contributed by atoms with E-state index in [1.54, 1.807) is 24.3 Å². The van der Waals surface area contributed by atoms with E-state index >= 15 is 0 Å². The van der Waals surface area contributed by atoms with Crippen molar-refractivity contribution in [3.05, 3.63) is 63.6 Å². The SMILES string of the molecule is Nc1nccc(C(=O)NCc2noc(-c3cccc(C(=O)N4CCCCC4)c3)n2)c1[N+](=O)[O-]. The van der Waals surface area contributed by atoms with E-state index in [2.05, 4.69) is 20.4 Å². The van der Waals surface area contributed by atoms with Gasteiger partial charge in [-0.2, -0.15) is 4.98 Å². The third-order valence-electron chi connectivity index (χ3n) is 5.25. The van der Waals surface area contributed by atoms with Crippen LogP contribution in [0.3, 0.4) is 0 Å². The number of pyridine rings is 1. The number of nitrogen functional groups attached to an aromatic ring is 1. The summed E-state index contributed by atoms with van der Waals surface area (Å²) in [6, 6.07) is 8.12. The minimum absolute atomic E-state index is 0.0400. The second-order valence-corrected chi connectivity index (χ2v) is 7.48. The Bertz CT molecular complexity index is 1200. The quantitative estimate of drug-likeness (QED) is 0.421. The Morgan fingerprint density at radius 1 is 1.21 bits per heavy atom.